The minimum atomic E-state index is -0.258. The molecule has 0 aliphatic carbocycles. The van der Waals surface area contributed by atoms with Crippen molar-refractivity contribution in [2.45, 2.75) is 19.9 Å². The first-order valence-electron chi connectivity index (χ1n) is 6.41. The molecule has 2 nitrogen and oxygen atoms in total. The highest BCUT2D eigenvalue weighted by molar-refractivity contribution is 7.08. The Labute approximate surface area is 125 Å². The van der Waals surface area contributed by atoms with E-state index in [-0.39, 0.29) is 5.82 Å². The van der Waals surface area contributed by atoms with Crippen molar-refractivity contribution in [2.24, 2.45) is 0 Å². The fraction of sp³-hybridized carbons (Fsp3) is 0.267. The van der Waals surface area contributed by atoms with Crippen LogP contribution in [0.4, 0.5) is 4.39 Å². The molecule has 0 saturated carbocycles. The topological polar surface area (TPSA) is 17.8 Å². The summed E-state index contributed by atoms with van der Waals surface area (Å²) < 4.78 is 15.5. The maximum Gasteiger partial charge on any atom is 0.125 e. The normalized spacial score (nSPS) is 11.3. The average molecular weight is 309 g/mol. The fourth-order valence-corrected chi connectivity index (χ4v) is 3.34. The standard InChI is InChI=1S/C15H14ClFN2S/c1-10-8-20-9-11(10)7-19-14-3-2-12(17)6-13(14)18-15(19)4-5-16/h2-3,6,8-9H,4-5,7H2,1H3. The molecule has 0 atom stereocenters. The predicted molar refractivity (Wildman–Crippen MR) is 82.3 cm³/mol. The van der Waals surface area contributed by atoms with Crippen LogP contribution >= 0.6 is 22.9 Å². The van der Waals surface area contributed by atoms with E-state index < -0.39 is 0 Å². The van der Waals surface area contributed by atoms with Crippen LogP contribution in [0.5, 0.6) is 0 Å². The molecule has 0 amide bonds. The molecule has 0 aliphatic heterocycles. The maximum atomic E-state index is 13.3. The van der Waals surface area contributed by atoms with Crippen LogP contribution in [0.15, 0.2) is 29.0 Å². The third-order valence-corrected chi connectivity index (χ3v) is 4.50. The first-order chi connectivity index (χ1) is 9.69. The summed E-state index contributed by atoms with van der Waals surface area (Å²) in [5.74, 6) is 1.16. The summed E-state index contributed by atoms with van der Waals surface area (Å²) in [6.07, 6.45) is 0.682. The SMILES string of the molecule is Cc1cscc1Cn1c(CCCl)nc2cc(F)ccc21. The van der Waals surface area contributed by atoms with Gasteiger partial charge in [0.15, 0.2) is 0 Å². The molecule has 0 radical (unpaired) electrons. The molecule has 0 N–H and O–H groups in total. The van der Waals surface area contributed by atoms with Gasteiger partial charge in [-0.15, -0.1) is 11.6 Å². The van der Waals surface area contributed by atoms with Crippen LogP contribution in [-0.2, 0) is 13.0 Å². The molecule has 0 unspecified atom stereocenters. The van der Waals surface area contributed by atoms with Gasteiger partial charge in [-0.05, 0) is 40.9 Å². The van der Waals surface area contributed by atoms with Gasteiger partial charge in [0.1, 0.15) is 11.6 Å². The van der Waals surface area contributed by atoms with Crippen molar-refractivity contribution >= 4 is 34.0 Å². The molecular formula is C15H14ClFN2S. The summed E-state index contributed by atoms with van der Waals surface area (Å²) >= 11 is 7.55. The lowest BCUT2D eigenvalue weighted by molar-refractivity contribution is 0.629. The monoisotopic (exact) mass is 308 g/mol. The number of hydrogen-bond acceptors (Lipinski definition) is 2. The first kappa shape index (κ1) is 13.6. The number of halogens is 2. The molecule has 20 heavy (non-hydrogen) atoms. The quantitative estimate of drug-likeness (QED) is 0.654. The van der Waals surface area contributed by atoms with E-state index in [4.69, 9.17) is 11.6 Å². The Bertz CT molecular complexity index is 747. The average Bonchev–Trinajstić information content (AvgIpc) is 2.96. The molecule has 0 saturated heterocycles. The van der Waals surface area contributed by atoms with E-state index in [1.807, 2.05) is 0 Å². The second-order valence-corrected chi connectivity index (χ2v) is 5.89. The summed E-state index contributed by atoms with van der Waals surface area (Å²) in [6, 6.07) is 4.74. The highest BCUT2D eigenvalue weighted by Crippen LogP contribution is 2.22. The molecular weight excluding hydrogens is 295 g/mol. The van der Waals surface area contributed by atoms with Gasteiger partial charge in [-0.1, -0.05) is 0 Å². The molecule has 2 heterocycles. The Morgan fingerprint density at radius 2 is 2.20 bits per heavy atom. The van der Waals surface area contributed by atoms with Gasteiger partial charge in [-0.3, -0.25) is 0 Å². The zero-order chi connectivity index (χ0) is 14.1. The minimum Gasteiger partial charge on any atom is -0.323 e. The largest absolute Gasteiger partial charge is 0.323 e. The van der Waals surface area contributed by atoms with Gasteiger partial charge in [0.05, 0.1) is 17.6 Å². The summed E-state index contributed by atoms with van der Waals surface area (Å²) in [4.78, 5) is 4.52. The second-order valence-electron chi connectivity index (χ2n) is 4.77. The number of thiophene rings is 1. The van der Waals surface area contributed by atoms with Crippen molar-refractivity contribution in [3.05, 3.63) is 51.7 Å². The number of aryl methyl sites for hydroxylation is 2. The number of fused-ring (bicyclic) bond motifs is 1. The van der Waals surface area contributed by atoms with E-state index in [0.717, 1.165) is 17.9 Å². The Hall–Kier alpha value is -1.39. The molecule has 0 fully saturated rings. The highest BCUT2D eigenvalue weighted by Gasteiger charge is 2.12. The molecule has 2 aromatic heterocycles. The van der Waals surface area contributed by atoms with Crippen LogP contribution in [0.25, 0.3) is 11.0 Å². The summed E-state index contributed by atoms with van der Waals surface area (Å²) in [6.45, 7) is 2.86. The molecule has 0 spiro atoms. The molecule has 5 heteroatoms. The molecule has 104 valence electrons. The van der Waals surface area contributed by atoms with Crippen LogP contribution in [-0.4, -0.2) is 15.4 Å². The van der Waals surface area contributed by atoms with E-state index in [0.29, 0.717) is 17.8 Å². The molecule has 3 rings (SSSR count). The van der Waals surface area contributed by atoms with Gasteiger partial charge < -0.3 is 4.57 Å². The molecule has 1 aromatic carbocycles. The van der Waals surface area contributed by atoms with E-state index in [9.17, 15) is 4.39 Å². The number of rotatable bonds is 4. The smallest absolute Gasteiger partial charge is 0.125 e. The number of aromatic nitrogens is 2. The van der Waals surface area contributed by atoms with Crippen molar-refractivity contribution < 1.29 is 4.39 Å². The van der Waals surface area contributed by atoms with Gasteiger partial charge >= 0.3 is 0 Å². The number of nitrogens with zero attached hydrogens (tertiary/aromatic N) is 2. The lowest BCUT2D eigenvalue weighted by Crippen LogP contribution is -2.06. The van der Waals surface area contributed by atoms with Crippen molar-refractivity contribution in [3.63, 3.8) is 0 Å². The van der Waals surface area contributed by atoms with Crippen LogP contribution in [0.2, 0.25) is 0 Å². The Balaban J connectivity index is 2.11. The summed E-state index contributed by atoms with van der Waals surface area (Å²) in [5.41, 5.74) is 4.19. The van der Waals surface area contributed by atoms with Gasteiger partial charge in [-0.2, -0.15) is 11.3 Å². The van der Waals surface area contributed by atoms with Crippen molar-refractivity contribution in [2.75, 3.05) is 5.88 Å². The predicted octanol–water partition coefficient (Wildman–Crippen LogP) is 4.37. The van der Waals surface area contributed by atoms with Gasteiger partial charge in [0.25, 0.3) is 0 Å². The van der Waals surface area contributed by atoms with Crippen LogP contribution in [0.3, 0.4) is 0 Å². The Morgan fingerprint density at radius 3 is 2.90 bits per heavy atom. The molecule has 0 aliphatic rings. The van der Waals surface area contributed by atoms with Gasteiger partial charge in [0, 0.05) is 18.4 Å². The Kier molecular flexibility index (Phi) is 3.76. The van der Waals surface area contributed by atoms with Crippen LogP contribution in [0.1, 0.15) is 17.0 Å². The number of imidazole rings is 1. The lowest BCUT2D eigenvalue weighted by atomic mass is 10.2. The third kappa shape index (κ3) is 2.45. The molecule has 3 aromatic rings. The van der Waals surface area contributed by atoms with E-state index in [1.54, 1.807) is 17.4 Å². The Morgan fingerprint density at radius 1 is 1.35 bits per heavy atom. The lowest BCUT2D eigenvalue weighted by Gasteiger charge is -2.08. The first-order valence-corrected chi connectivity index (χ1v) is 7.89. The highest BCUT2D eigenvalue weighted by atomic mass is 35.5. The number of alkyl halides is 1. The van der Waals surface area contributed by atoms with Crippen molar-refractivity contribution in [3.8, 4) is 0 Å². The van der Waals surface area contributed by atoms with Crippen LogP contribution in [0, 0.1) is 12.7 Å². The number of hydrogen-bond donors (Lipinski definition) is 0. The second kappa shape index (κ2) is 5.54. The minimum absolute atomic E-state index is 0.258. The molecule has 0 bridgehead atoms. The summed E-state index contributed by atoms with van der Waals surface area (Å²) in [5, 5.41) is 4.28. The van der Waals surface area contributed by atoms with Crippen LogP contribution < -0.4 is 0 Å². The van der Waals surface area contributed by atoms with E-state index in [2.05, 4.69) is 27.2 Å². The van der Waals surface area contributed by atoms with Crippen molar-refractivity contribution in [1.82, 2.24) is 9.55 Å². The zero-order valence-corrected chi connectivity index (χ0v) is 12.6. The fourth-order valence-electron chi connectivity index (χ4n) is 2.32. The third-order valence-electron chi connectivity index (χ3n) is 3.40. The van der Waals surface area contributed by atoms with Crippen molar-refractivity contribution in [1.29, 1.82) is 0 Å². The maximum absolute atomic E-state index is 13.3. The number of benzene rings is 1. The van der Waals surface area contributed by atoms with Gasteiger partial charge in [-0.25, -0.2) is 9.37 Å². The zero-order valence-electron chi connectivity index (χ0n) is 11.1. The summed E-state index contributed by atoms with van der Waals surface area (Å²) in [7, 11) is 0. The van der Waals surface area contributed by atoms with E-state index >= 15 is 0 Å². The van der Waals surface area contributed by atoms with Gasteiger partial charge in [0.2, 0.25) is 0 Å². The van der Waals surface area contributed by atoms with E-state index in [1.165, 1.54) is 23.3 Å².